The molecule has 2 aromatic heterocycles. The first-order valence-electron chi connectivity index (χ1n) is 12.2. The topological polar surface area (TPSA) is 93.3 Å². The van der Waals surface area contributed by atoms with Gasteiger partial charge in [0.15, 0.2) is 0 Å². The molecule has 36 heavy (non-hydrogen) atoms. The van der Waals surface area contributed by atoms with Crippen molar-refractivity contribution in [2.75, 3.05) is 0 Å². The monoisotopic (exact) mass is 489 g/mol. The highest BCUT2D eigenvalue weighted by molar-refractivity contribution is 5.89. The lowest BCUT2D eigenvalue weighted by Crippen LogP contribution is -2.47. The Balaban J connectivity index is 1.49. The van der Waals surface area contributed by atoms with E-state index in [1.54, 1.807) is 24.3 Å². The molecular formula is C27H28FN5O3. The molecule has 5 rings (SSSR count). The van der Waals surface area contributed by atoms with E-state index in [4.69, 9.17) is 4.42 Å². The lowest BCUT2D eigenvalue weighted by atomic mass is 9.94. The Bertz CT molecular complexity index is 1310. The van der Waals surface area contributed by atoms with Gasteiger partial charge in [0.2, 0.25) is 11.8 Å². The Kier molecular flexibility index (Phi) is 7.06. The van der Waals surface area contributed by atoms with Crippen molar-refractivity contribution < 1.29 is 18.4 Å². The van der Waals surface area contributed by atoms with Crippen molar-refractivity contribution in [1.82, 2.24) is 25.2 Å². The van der Waals surface area contributed by atoms with Gasteiger partial charge < -0.3 is 14.6 Å². The highest BCUT2D eigenvalue weighted by atomic mass is 19.1. The van der Waals surface area contributed by atoms with Crippen LogP contribution in [-0.2, 0) is 22.7 Å². The Morgan fingerprint density at radius 1 is 1.06 bits per heavy atom. The third-order valence-electron chi connectivity index (χ3n) is 6.63. The zero-order valence-electron chi connectivity index (χ0n) is 19.8. The molecular weight excluding hydrogens is 461 g/mol. The third kappa shape index (κ3) is 5.30. The van der Waals surface area contributed by atoms with Gasteiger partial charge in [0, 0.05) is 6.04 Å². The highest BCUT2D eigenvalue weighted by Crippen LogP contribution is 2.27. The number of rotatable bonds is 8. The Morgan fingerprint density at radius 3 is 2.58 bits per heavy atom. The Hall–Kier alpha value is -4.01. The van der Waals surface area contributed by atoms with Crippen molar-refractivity contribution in [3.05, 3.63) is 84.1 Å². The Morgan fingerprint density at radius 2 is 1.83 bits per heavy atom. The number of aromatic nitrogens is 3. The summed E-state index contributed by atoms with van der Waals surface area (Å²) in [5.74, 6) is -0.514. The van der Waals surface area contributed by atoms with Gasteiger partial charge in [0.25, 0.3) is 0 Å². The van der Waals surface area contributed by atoms with Crippen LogP contribution in [0.5, 0.6) is 0 Å². The molecule has 1 atom stereocenters. The number of furan rings is 1. The van der Waals surface area contributed by atoms with Crippen LogP contribution in [0.25, 0.3) is 11.0 Å². The van der Waals surface area contributed by atoms with Crippen LogP contribution in [0.15, 0.2) is 71.3 Å². The summed E-state index contributed by atoms with van der Waals surface area (Å²) >= 11 is 0. The second kappa shape index (κ2) is 10.7. The van der Waals surface area contributed by atoms with Gasteiger partial charge in [-0.15, -0.1) is 5.10 Å². The molecule has 1 aliphatic rings. The van der Waals surface area contributed by atoms with Crippen LogP contribution in [0.4, 0.5) is 4.39 Å². The van der Waals surface area contributed by atoms with Crippen LogP contribution >= 0.6 is 0 Å². The van der Waals surface area contributed by atoms with Crippen LogP contribution < -0.4 is 5.32 Å². The molecule has 1 aliphatic carbocycles. The molecule has 9 heteroatoms. The van der Waals surface area contributed by atoms with Crippen LogP contribution in [-0.4, -0.2) is 37.7 Å². The summed E-state index contributed by atoms with van der Waals surface area (Å²) in [5, 5.41) is 11.4. The number of halogens is 1. The minimum Gasteiger partial charge on any atom is -0.467 e. The van der Waals surface area contributed by atoms with Gasteiger partial charge in [-0.1, -0.05) is 48.7 Å². The number of nitrogens with one attached hydrogen (secondary N) is 1. The summed E-state index contributed by atoms with van der Waals surface area (Å²) in [6.45, 7) is -0.0474. The predicted molar refractivity (Wildman–Crippen MR) is 131 cm³/mol. The predicted octanol–water partition coefficient (Wildman–Crippen LogP) is 4.38. The number of hydrogen-bond donors (Lipinski definition) is 1. The fourth-order valence-electron chi connectivity index (χ4n) is 4.79. The number of fused-ring (bicyclic) bond motifs is 1. The molecule has 1 fully saturated rings. The molecule has 2 heterocycles. The minimum atomic E-state index is -0.972. The van der Waals surface area contributed by atoms with E-state index in [0.29, 0.717) is 22.4 Å². The smallest absolute Gasteiger partial charge is 0.247 e. The van der Waals surface area contributed by atoms with Crippen LogP contribution in [0.3, 0.4) is 0 Å². The molecule has 2 amide bonds. The largest absolute Gasteiger partial charge is 0.467 e. The molecule has 0 radical (unpaired) electrons. The van der Waals surface area contributed by atoms with Crippen molar-refractivity contribution in [1.29, 1.82) is 0 Å². The number of nitrogens with zero attached hydrogens (tertiary/aromatic N) is 4. The van der Waals surface area contributed by atoms with Gasteiger partial charge in [0.05, 0.1) is 18.3 Å². The molecule has 0 spiro atoms. The first-order chi connectivity index (χ1) is 17.6. The first-order valence-corrected chi connectivity index (χ1v) is 12.2. The summed E-state index contributed by atoms with van der Waals surface area (Å²) in [4.78, 5) is 29.0. The fraction of sp³-hybridized carbons (Fsp3) is 0.333. The highest BCUT2D eigenvalue weighted by Gasteiger charge is 2.34. The number of amides is 2. The van der Waals surface area contributed by atoms with Gasteiger partial charge in [-0.05, 0) is 54.8 Å². The van der Waals surface area contributed by atoms with E-state index >= 15 is 0 Å². The molecule has 0 saturated heterocycles. The van der Waals surface area contributed by atoms with E-state index in [-0.39, 0.29) is 30.9 Å². The van der Waals surface area contributed by atoms with E-state index in [1.807, 2.05) is 24.3 Å². The number of para-hydroxylation sites is 1. The summed E-state index contributed by atoms with van der Waals surface area (Å²) in [5.41, 5.74) is 1.91. The maximum absolute atomic E-state index is 13.8. The molecule has 2 aromatic carbocycles. The van der Waals surface area contributed by atoms with Gasteiger partial charge in [-0.3, -0.25) is 9.59 Å². The van der Waals surface area contributed by atoms with E-state index in [2.05, 4.69) is 15.6 Å². The van der Waals surface area contributed by atoms with Crippen molar-refractivity contribution in [2.24, 2.45) is 0 Å². The maximum Gasteiger partial charge on any atom is 0.247 e. The molecule has 1 saturated carbocycles. The minimum absolute atomic E-state index is 0.0500. The van der Waals surface area contributed by atoms with Crippen molar-refractivity contribution in [2.45, 2.75) is 57.3 Å². The zero-order valence-corrected chi connectivity index (χ0v) is 19.8. The number of hydrogen-bond acceptors (Lipinski definition) is 5. The summed E-state index contributed by atoms with van der Waals surface area (Å²) in [6, 6.07) is 15.6. The SMILES string of the molecule is O=C(NC1CCCCC1)[C@@H](c1ccc(F)cc1)N(Cc1ccco1)C(=O)Cn1nnc2ccccc21. The normalized spacial score (nSPS) is 15.0. The van der Waals surface area contributed by atoms with Crippen molar-refractivity contribution in [3.8, 4) is 0 Å². The molecule has 8 nitrogen and oxygen atoms in total. The Labute approximate surface area is 208 Å². The standard InChI is InChI=1S/C27H28FN5O3/c28-20-14-12-19(13-15-20)26(27(35)29-21-7-2-1-3-8-21)32(17-22-9-6-16-36-22)25(34)18-33-24-11-5-4-10-23(24)30-31-33/h4-6,9-16,21,26H,1-3,7-8,17-18H2,(H,29,35)/t26-/m1/s1. The summed E-state index contributed by atoms with van der Waals surface area (Å²) < 4.78 is 20.8. The quantitative estimate of drug-likeness (QED) is 0.396. The van der Waals surface area contributed by atoms with Gasteiger partial charge in [-0.25, -0.2) is 9.07 Å². The maximum atomic E-state index is 13.8. The molecule has 0 unspecified atom stereocenters. The van der Waals surface area contributed by atoms with Crippen LogP contribution in [0.2, 0.25) is 0 Å². The van der Waals surface area contributed by atoms with E-state index in [0.717, 1.165) is 32.1 Å². The van der Waals surface area contributed by atoms with Crippen molar-refractivity contribution >= 4 is 22.8 Å². The number of carbonyl (C=O) groups excluding carboxylic acids is 2. The summed E-state index contributed by atoms with van der Waals surface area (Å²) in [7, 11) is 0. The average Bonchev–Trinajstić information content (AvgIpc) is 3.56. The lowest BCUT2D eigenvalue weighted by molar-refractivity contribution is -0.142. The number of carbonyl (C=O) groups is 2. The molecule has 0 aliphatic heterocycles. The molecule has 0 bridgehead atoms. The summed E-state index contributed by atoms with van der Waals surface area (Å²) in [6.07, 6.45) is 6.60. The molecule has 186 valence electrons. The van der Waals surface area contributed by atoms with E-state index in [1.165, 1.54) is 28.0 Å². The third-order valence-corrected chi connectivity index (χ3v) is 6.63. The van der Waals surface area contributed by atoms with Gasteiger partial charge in [-0.2, -0.15) is 0 Å². The molecule has 4 aromatic rings. The fourth-order valence-corrected chi connectivity index (χ4v) is 4.79. The van der Waals surface area contributed by atoms with Crippen LogP contribution in [0.1, 0.15) is 49.5 Å². The van der Waals surface area contributed by atoms with E-state index < -0.39 is 11.9 Å². The van der Waals surface area contributed by atoms with Crippen molar-refractivity contribution in [3.63, 3.8) is 0 Å². The molecule has 1 N–H and O–H groups in total. The van der Waals surface area contributed by atoms with Gasteiger partial charge in [0.1, 0.15) is 29.7 Å². The van der Waals surface area contributed by atoms with Crippen LogP contribution in [0, 0.1) is 5.82 Å². The number of benzene rings is 2. The second-order valence-electron chi connectivity index (χ2n) is 9.13. The zero-order chi connectivity index (χ0) is 24.9. The second-order valence-corrected chi connectivity index (χ2v) is 9.13. The first kappa shape index (κ1) is 23.7. The lowest BCUT2D eigenvalue weighted by Gasteiger charge is -2.33. The average molecular weight is 490 g/mol. The van der Waals surface area contributed by atoms with E-state index in [9.17, 15) is 14.0 Å². The van der Waals surface area contributed by atoms with Gasteiger partial charge >= 0.3 is 0 Å².